The summed E-state index contributed by atoms with van der Waals surface area (Å²) in [4.78, 5) is 4.35. The molecule has 0 bridgehead atoms. The molecule has 3 N–H and O–H groups in total. The number of rotatable bonds is 6. The van der Waals surface area contributed by atoms with Crippen molar-refractivity contribution < 1.29 is 9.47 Å². The molecule has 0 radical (unpaired) electrons. The molecule has 0 aliphatic heterocycles. The van der Waals surface area contributed by atoms with Crippen molar-refractivity contribution in [2.75, 3.05) is 18.2 Å². The maximum absolute atomic E-state index is 9.54. The third-order valence-electron chi connectivity index (χ3n) is 4.71. The average molecular weight is 396 g/mol. The van der Waals surface area contributed by atoms with Gasteiger partial charge in [0, 0.05) is 23.3 Å². The molecule has 30 heavy (non-hydrogen) atoms. The maximum atomic E-state index is 9.54. The zero-order valence-corrected chi connectivity index (χ0v) is 16.4. The van der Waals surface area contributed by atoms with Crippen molar-refractivity contribution in [3.8, 4) is 17.6 Å². The van der Waals surface area contributed by atoms with Crippen LogP contribution in [-0.4, -0.2) is 12.1 Å². The van der Waals surface area contributed by atoms with E-state index in [1.54, 1.807) is 19.2 Å². The van der Waals surface area contributed by atoms with Crippen LogP contribution in [-0.2, 0) is 6.61 Å². The third-order valence-corrected chi connectivity index (χ3v) is 4.71. The Balaban J connectivity index is 1.59. The van der Waals surface area contributed by atoms with Gasteiger partial charge in [-0.1, -0.05) is 30.3 Å². The molecule has 4 aromatic rings. The Morgan fingerprint density at radius 2 is 1.83 bits per heavy atom. The second-order valence-electron chi connectivity index (χ2n) is 6.69. The van der Waals surface area contributed by atoms with Crippen molar-refractivity contribution in [1.82, 2.24) is 4.98 Å². The first kappa shape index (κ1) is 19.1. The second kappa shape index (κ2) is 8.41. The van der Waals surface area contributed by atoms with Crippen LogP contribution < -0.4 is 20.5 Å². The number of pyridine rings is 1. The average Bonchev–Trinajstić information content (AvgIpc) is 2.79. The van der Waals surface area contributed by atoms with Crippen molar-refractivity contribution in [2.24, 2.45) is 0 Å². The van der Waals surface area contributed by atoms with E-state index in [9.17, 15) is 5.26 Å². The van der Waals surface area contributed by atoms with Gasteiger partial charge in [-0.25, -0.2) is 0 Å². The molecule has 0 aliphatic rings. The molecule has 3 aromatic carbocycles. The highest BCUT2D eigenvalue weighted by atomic mass is 16.5. The Morgan fingerprint density at radius 1 is 1.07 bits per heavy atom. The summed E-state index contributed by atoms with van der Waals surface area (Å²) in [6.45, 7) is 0.502. The molecule has 6 heteroatoms. The number of hydrogen-bond donors (Lipinski definition) is 2. The van der Waals surface area contributed by atoms with Crippen LogP contribution in [0.2, 0.25) is 0 Å². The van der Waals surface area contributed by atoms with Crippen LogP contribution in [0.1, 0.15) is 11.1 Å². The zero-order valence-electron chi connectivity index (χ0n) is 16.4. The summed E-state index contributed by atoms with van der Waals surface area (Å²) in [5.41, 5.74) is 10.2. The van der Waals surface area contributed by atoms with E-state index in [1.165, 1.54) is 6.20 Å². The van der Waals surface area contributed by atoms with Gasteiger partial charge in [0.2, 0.25) is 0 Å². The summed E-state index contributed by atoms with van der Waals surface area (Å²) in [6.07, 6.45) is 1.54. The van der Waals surface area contributed by atoms with E-state index < -0.39 is 0 Å². The van der Waals surface area contributed by atoms with Crippen LogP contribution in [0.4, 0.5) is 17.1 Å². The molecule has 0 saturated heterocycles. The number of methoxy groups -OCH3 is 1. The molecule has 0 fully saturated rings. The molecule has 0 spiro atoms. The number of aromatic nitrogens is 1. The molecule has 6 nitrogen and oxygen atoms in total. The molecule has 0 unspecified atom stereocenters. The monoisotopic (exact) mass is 396 g/mol. The number of nitrogens with one attached hydrogen (secondary N) is 1. The number of anilines is 3. The van der Waals surface area contributed by atoms with Gasteiger partial charge < -0.3 is 20.5 Å². The molecule has 0 saturated carbocycles. The van der Waals surface area contributed by atoms with Gasteiger partial charge in [-0.2, -0.15) is 5.26 Å². The van der Waals surface area contributed by atoms with Gasteiger partial charge in [-0.05, 0) is 35.9 Å². The first-order valence-corrected chi connectivity index (χ1v) is 9.38. The number of nitrogens with zero attached hydrogens (tertiary/aromatic N) is 2. The Bertz CT molecular complexity index is 1220. The molecule has 0 atom stereocenters. The van der Waals surface area contributed by atoms with Crippen LogP contribution in [0.25, 0.3) is 10.9 Å². The van der Waals surface area contributed by atoms with Gasteiger partial charge in [0.1, 0.15) is 24.2 Å². The highest BCUT2D eigenvalue weighted by Crippen LogP contribution is 2.34. The van der Waals surface area contributed by atoms with Crippen LogP contribution >= 0.6 is 0 Å². The Hall–Kier alpha value is -4.24. The molecule has 0 aliphatic carbocycles. The third kappa shape index (κ3) is 3.96. The fourth-order valence-electron chi connectivity index (χ4n) is 3.15. The van der Waals surface area contributed by atoms with Crippen LogP contribution in [0.5, 0.6) is 11.5 Å². The van der Waals surface area contributed by atoms with Crippen molar-refractivity contribution in [1.29, 1.82) is 5.26 Å². The number of nitriles is 1. The minimum Gasteiger partial charge on any atom is -0.495 e. The van der Waals surface area contributed by atoms with Crippen molar-refractivity contribution in [3.05, 3.63) is 84.1 Å². The van der Waals surface area contributed by atoms with E-state index in [-0.39, 0.29) is 0 Å². The molecular formula is C24H20N4O2. The number of hydrogen-bond acceptors (Lipinski definition) is 6. The molecule has 1 heterocycles. The van der Waals surface area contributed by atoms with Gasteiger partial charge >= 0.3 is 0 Å². The van der Waals surface area contributed by atoms with E-state index in [2.05, 4.69) is 16.4 Å². The predicted molar refractivity (Wildman–Crippen MR) is 118 cm³/mol. The number of nitrogen functional groups attached to an aromatic ring is 1. The topological polar surface area (TPSA) is 93.2 Å². The van der Waals surface area contributed by atoms with Crippen LogP contribution in [0.15, 0.2) is 72.9 Å². The highest BCUT2D eigenvalue weighted by molar-refractivity contribution is 5.98. The van der Waals surface area contributed by atoms with Crippen LogP contribution in [0.3, 0.4) is 0 Å². The largest absolute Gasteiger partial charge is 0.495 e. The molecule has 1 aromatic heterocycles. The standard InChI is InChI=1S/C24H20N4O2/c1-29-23-12-22-20(11-21(23)26)24(17(13-25)14-27-22)28-18-7-9-19(10-8-18)30-15-16-5-3-2-4-6-16/h2-12,14H,15,26H2,1H3,(H,27,28). The van der Waals surface area contributed by atoms with Crippen molar-refractivity contribution >= 4 is 28.0 Å². The van der Waals surface area contributed by atoms with Crippen molar-refractivity contribution in [3.63, 3.8) is 0 Å². The second-order valence-corrected chi connectivity index (χ2v) is 6.69. The van der Waals surface area contributed by atoms with Crippen molar-refractivity contribution in [2.45, 2.75) is 6.61 Å². The number of ether oxygens (including phenoxy) is 2. The maximum Gasteiger partial charge on any atom is 0.143 e. The molecule has 0 amide bonds. The lowest BCUT2D eigenvalue weighted by atomic mass is 10.1. The number of benzene rings is 3. The van der Waals surface area contributed by atoms with E-state index in [0.717, 1.165) is 22.4 Å². The fourth-order valence-corrected chi connectivity index (χ4v) is 3.15. The van der Waals surface area contributed by atoms with E-state index in [4.69, 9.17) is 15.2 Å². The summed E-state index contributed by atoms with van der Waals surface area (Å²) in [7, 11) is 1.56. The van der Waals surface area contributed by atoms with E-state index in [1.807, 2.05) is 54.6 Å². The molecule has 148 valence electrons. The normalized spacial score (nSPS) is 10.4. The summed E-state index contributed by atoms with van der Waals surface area (Å²) in [5.74, 6) is 1.31. The lowest BCUT2D eigenvalue weighted by Crippen LogP contribution is -1.99. The summed E-state index contributed by atoms with van der Waals surface area (Å²) in [6, 6.07) is 23.3. The Morgan fingerprint density at radius 3 is 2.53 bits per heavy atom. The Labute approximate surface area is 174 Å². The summed E-state index contributed by atoms with van der Waals surface area (Å²) >= 11 is 0. The highest BCUT2D eigenvalue weighted by Gasteiger charge is 2.12. The first-order chi connectivity index (χ1) is 14.7. The van der Waals surface area contributed by atoms with Crippen LogP contribution in [0, 0.1) is 11.3 Å². The fraction of sp³-hybridized carbons (Fsp3) is 0.0833. The minimum atomic E-state index is 0.427. The van der Waals surface area contributed by atoms with E-state index >= 15 is 0 Å². The first-order valence-electron chi connectivity index (χ1n) is 9.38. The molecule has 4 rings (SSSR count). The van der Waals surface area contributed by atoms with Gasteiger partial charge in [-0.3, -0.25) is 4.98 Å². The van der Waals surface area contributed by atoms with Gasteiger partial charge in [0.05, 0.1) is 29.6 Å². The van der Waals surface area contributed by atoms with E-state index in [0.29, 0.717) is 34.8 Å². The van der Waals surface area contributed by atoms with Gasteiger partial charge in [0.15, 0.2) is 0 Å². The Kier molecular flexibility index (Phi) is 5.35. The summed E-state index contributed by atoms with van der Waals surface area (Å²) in [5, 5.41) is 13.6. The SMILES string of the molecule is COc1cc2ncc(C#N)c(Nc3ccc(OCc4ccccc4)cc3)c2cc1N. The lowest BCUT2D eigenvalue weighted by Gasteiger charge is -2.14. The quantitative estimate of drug-likeness (QED) is 0.445. The number of fused-ring (bicyclic) bond motifs is 1. The molecular weight excluding hydrogens is 376 g/mol. The smallest absolute Gasteiger partial charge is 0.143 e. The lowest BCUT2D eigenvalue weighted by molar-refractivity contribution is 0.306. The summed E-state index contributed by atoms with van der Waals surface area (Å²) < 4.78 is 11.1. The van der Waals surface area contributed by atoms with Gasteiger partial charge in [-0.15, -0.1) is 0 Å². The predicted octanol–water partition coefficient (Wildman–Crippen LogP) is 5.02. The minimum absolute atomic E-state index is 0.427. The number of nitrogens with two attached hydrogens (primary N) is 1. The zero-order chi connectivity index (χ0) is 20.9. The van der Waals surface area contributed by atoms with Gasteiger partial charge in [0.25, 0.3) is 0 Å².